The van der Waals surface area contributed by atoms with E-state index in [1.165, 1.54) is 12.7 Å². The molecule has 2 aliphatic heterocycles. The first kappa shape index (κ1) is 26.9. The van der Waals surface area contributed by atoms with Crippen LogP contribution in [0.15, 0.2) is 59.6 Å². The van der Waals surface area contributed by atoms with Gasteiger partial charge in [-0.05, 0) is 55.9 Å². The van der Waals surface area contributed by atoms with Gasteiger partial charge in [-0.2, -0.15) is 0 Å². The van der Waals surface area contributed by atoms with Crippen molar-refractivity contribution in [1.29, 1.82) is 0 Å². The van der Waals surface area contributed by atoms with Gasteiger partial charge in [-0.25, -0.2) is 4.98 Å². The number of hydrogen-bond acceptors (Lipinski definition) is 5. The number of aromatic nitrogens is 1. The van der Waals surface area contributed by atoms with Crippen LogP contribution in [0.4, 0.5) is 0 Å². The van der Waals surface area contributed by atoms with E-state index in [1.807, 2.05) is 30.0 Å². The fourth-order valence-electron chi connectivity index (χ4n) is 5.01. The molecule has 4 rings (SSSR count). The molecule has 0 saturated carbocycles. The number of methoxy groups -OCH3 is 1. The topological polar surface area (TPSA) is 75.1 Å². The molecule has 0 N–H and O–H groups in total. The van der Waals surface area contributed by atoms with E-state index >= 15 is 0 Å². The Labute approximate surface area is 224 Å². The van der Waals surface area contributed by atoms with Crippen LogP contribution >= 0.6 is 11.6 Å². The molecule has 3 unspecified atom stereocenters. The summed E-state index contributed by atoms with van der Waals surface area (Å²) in [6, 6.07) is 13.0. The minimum atomic E-state index is -0.150. The summed E-state index contributed by atoms with van der Waals surface area (Å²) in [5, 5.41) is 0.750. The Balaban J connectivity index is 1.39. The summed E-state index contributed by atoms with van der Waals surface area (Å²) < 4.78 is 5.16. The van der Waals surface area contributed by atoms with Crippen LogP contribution < -0.4 is 4.74 Å². The highest BCUT2D eigenvalue weighted by atomic mass is 35.5. The van der Waals surface area contributed by atoms with Gasteiger partial charge in [0.2, 0.25) is 5.88 Å². The zero-order valence-electron chi connectivity index (χ0n) is 21.8. The summed E-state index contributed by atoms with van der Waals surface area (Å²) in [7, 11) is 1.53. The summed E-state index contributed by atoms with van der Waals surface area (Å²) in [5.74, 6) is 0.617. The Morgan fingerprint density at radius 3 is 2.68 bits per heavy atom. The van der Waals surface area contributed by atoms with Crippen LogP contribution in [0, 0.1) is 11.8 Å². The fourth-order valence-corrected chi connectivity index (χ4v) is 5.22. The molecule has 1 aromatic carbocycles. The van der Waals surface area contributed by atoms with Crippen LogP contribution in [0.1, 0.15) is 42.7 Å². The van der Waals surface area contributed by atoms with Crippen molar-refractivity contribution in [2.75, 3.05) is 33.3 Å². The maximum atomic E-state index is 13.6. The lowest BCUT2D eigenvalue weighted by atomic mass is 9.94. The predicted molar refractivity (Wildman–Crippen MR) is 146 cm³/mol. The number of nitrogens with zero attached hydrogens (tertiary/aromatic N) is 4. The van der Waals surface area contributed by atoms with Crippen molar-refractivity contribution in [3.63, 3.8) is 0 Å². The molecular weight excluding hydrogens is 488 g/mol. The van der Waals surface area contributed by atoms with E-state index in [0.29, 0.717) is 49.4 Å². The second kappa shape index (κ2) is 12.4. The van der Waals surface area contributed by atoms with Crippen LogP contribution in [0.2, 0.25) is 5.02 Å². The van der Waals surface area contributed by atoms with Crippen LogP contribution in [-0.2, 0) is 11.2 Å². The molecule has 1 fully saturated rings. The van der Waals surface area contributed by atoms with Gasteiger partial charge < -0.3 is 14.5 Å². The molecule has 37 heavy (non-hydrogen) atoms. The average Bonchev–Trinajstić information content (AvgIpc) is 2.98. The molecule has 1 aromatic heterocycles. The van der Waals surface area contributed by atoms with Crippen LogP contribution in [0.5, 0.6) is 5.88 Å². The molecule has 7 nitrogen and oxygen atoms in total. The number of hydrogen-bond donors (Lipinski definition) is 0. The SMILES string of the molecule is COc1cccc(C(=O)N2CCN(C(=O)C3=NCCC(Cc4cccc(Cl)c4)C=CCC3C)CC2C)n1. The predicted octanol–water partition coefficient (Wildman–Crippen LogP) is 4.70. The van der Waals surface area contributed by atoms with E-state index < -0.39 is 0 Å². The van der Waals surface area contributed by atoms with Crippen LogP contribution in [0.3, 0.4) is 0 Å². The summed E-state index contributed by atoms with van der Waals surface area (Å²) >= 11 is 6.16. The lowest BCUT2D eigenvalue weighted by Crippen LogP contribution is -2.57. The molecule has 0 spiro atoms. The van der Waals surface area contributed by atoms with Crippen molar-refractivity contribution in [3.05, 3.63) is 70.9 Å². The molecule has 0 bridgehead atoms. The monoisotopic (exact) mass is 522 g/mol. The molecule has 3 atom stereocenters. The largest absolute Gasteiger partial charge is 0.481 e. The lowest BCUT2D eigenvalue weighted by Gasteiger charge is -2.40. The van der Waals surface area contributed by atoms with Gasteiger partial charge in [0.25, 0.3) is 11.8 Å². The van der Waals surface area contributed by atoms with E-state index in [0.717, 1.165) is 24.3 Å². The zero-order valence-corrected chi connectivity index (χ0v) is 22.5. The first-order valence-electron chi connectivity index (χ1n) is 12.9. The van der Waals surface area contributed by atoms with E-state index in [1.54, 1.807) is 23.1 Å². The molecule has 2 amide bonds. The Hall–Kier alpha value is -3.19. The smallest absolute Gasteiger partial charge is 0.272 e. The molecule has 0 radical (unpaired) electrons. The molecule has 3 heterocycles. The number of carbonyl (C=O) groups excluding carboxylic acids is 2. The highest BCUT2D eigenvalue weighted by Gasteiger charge is 2.33. The van der Waals surface area contributed by atoms with Gasteiger partial charge in [-0.15, -0.1) is 0 Å². The van der Waals surface area contributed by atoms with Crippen LogP contribution in [0.25, 0.3) is 0 Å². The highest BCUT2D eigenvalue weighted by molar-refractivity contribution is 6.39. The normalized spacial score (nSPS) is 22.5. The molecular formula is C29H35ClN4O3. The van der Waals surface area contributed by atoms with Gasteiger partial charge in [0.15, 0.2) is 0 Å². The van der Waals surface area contributed by atoms with Gasteiger partial charge in [-0.3, -0.25) is 14.6 Å². The van der Waals surface area contributed by atoms with Crippen molar-refractivity contribution in [3.8, 4) is 5.88 Å². The standard InChI is InChI=1S/C29H35ClN4O3/c1-20-7-4-8-22(17-23-9-5-10-24(30)18-23)13-14-31-27(20)29(36)33-15-16-34(21(2)19-33)28(35)25-11-6-12-26(32-25)37-3/h4-6,8-12,18,20-22H,7,13-17,19H2,1-3H3. The third kappa shape index (κ3) is 6.77. The number of ether oxygens (including phenoxy) is 1. The highest BCUT2D eigenvalue weighted by Crippen LogP contribution is 2.22. The first-order valence-corrected chi connectivity index (χ1v) is 13.3. The Morgan fingerprint density at radius 1 is 1.11 bits per heavy atom. The number of benzene rings is 1. The quantitative estimate of drug-likeness (QED) is 0.533. The van der Waals surface area contributed by atoms with E-state index in [9.17, 15) is 9.59 Å². The van der Waals surface area contributed by atoms with Gasteiger partial charge in [0, 0.05) is 49.2 Å². The fraction of sp³-hybridized carbons (Fsp3) is 0.448. The number of piperazine rings is 1. The van der Waals surface area contributed by atoms with Crippen molar-refractivity contribution in [2.45, 2.75) is 39.2 Å². The molecule has 2 aliphatic rings. The summed E-state index contributed by atoms with van der Waals surface area (Å²) in [6.45, 7) is 6.03. The van der Waals surface area contributed by atoms with Crippen molar-refractivity contribution >= 4 is 29.1 Å². The van der Waals surface area contributed by atoms with E-state index in [4.69, 9.17) is 21.3 Å². The van der Waals surface area contributed by atoms with E-state index in [2.05, 4.69) is 30.1 Å². The minimum Gasteiger partial charge on any atom is -0.481 e. The summed E-state index contributed by atoms with van der Waals surface area (Å²) in [4.78, 5) is 39.3. The Kier molecular flexibility index (Phi) is 8.98. The number of carbonyl (C=O) groups is 2. The summed E-state index contributed by atoms with van der Waals surface area (Å²) in [6.07, 6.45) is 7.00. The van der Waals surface area contributed by atoms with Crippen molar-refractivity contribution in [2.24, 2.45) is 16.8 Å². The second-order valence-corrected chi connectivity index (χ2v) is 10.3. The molecule has 1 saturated heterocycles. The third-order valence-corrected chi connectivity index (χ3v) is 7.32. The first-order chi connectivity index (χ1) is 17.9. The maximum Gasteiger partial charge on any atom is 0.272 e. The molecule has 8 heteroatoms. The van der Waals surface area contributed by atoms with E-state index in [-0.39, 0.29) is 23.8 Å². The zero-order chi connectivity index (χ0) is 26.4. The third-order valence-electron chi connectivity index (χ3n) is 7.08. The molecule has 0 aliphatic carbocycles. The maximum absolute atomic E-state index is 13.6. The summed E-state index contributed by atoms with van der Waals surface area (Å²) in [5.41, 5.74) is 2.19. The van der Waals surface area contributed by atoms with Gasteiger partial charge in [0.1, 0.15) is 11.4 Å². The van der Waals surface area contributed by atoms with Crippen LogP contribution in [-0.4, -0.2) is 71.6 Å². The minimum absolute atomic E-state index is 0.0207. The number of pyridine rings is 1. The lowest BCUT2D eigenvalue weighted by molar-refractivity contribution is -0.126. The van der Waals surface area contributed by atoms with Gasteiger partial charge in [0.05, 0.1) is 7.11 Å². The Morgan fingerprint density at radius 2 is 1.92 bits per heavy atom. The number of amides is 2. The number of allylic oxidation sites excluding steroid dienone is 2. The molecule has 196 valence electrons. The number of aliphatic imine (C=N–C) groups is 1. The number of halogens is 1. The van der Waals surface area contributed by atoms with Gasteiger partial charge >= 0.3 is 0 Å². The van der Waals surface area contributed by atoms with Crippen molar-refractivity contribution < 1.29 is 14.3 Å². The Bertz CT molecular complexity index is 1180. The van der Waals surface area contributed by atoms with Gasteiger partial charge in [-0.1, -0.05) is 48.9 Å². The van der Waals surface area contributed by atoms with Crippen molar-refractivity contribution in [1.82, 2.24) is 14.8 Å². The second-order valence-electron chi connectivity index (χ2n) is 9.88. The number of rotatable bonds is 5. The molecule has 2 aromatic rings. The average molecular weight is 523 g/mol.